The first-order valence-corrected chi connectivity index (χ1v) is 8.57. The van der Waals surface area contributed by atoms with Crippen LogP contribution in [0.2, 0.25) is 0 Å². The summed E-state index contributed by atoms with van der Waals surface area (Å²) in [6, 6.07) is 14.7. The Balaban J connectivity index is 1.75. The van der Waals surface area contributed by atoms with Gasteiger partial charge in [-0.05, 0) is 74.6 Å². The number of hydrogen-bond donors (Lipinski definition) is 1. The van der Waals surface area contributed by atoms with Crippen LogP contribution in [-0.2, 0) is 12.8 Å². The lowest BCUT2D eigenvalue weighted by atomic mass is 10.0. The van der Waals surface area contributed by atoms with Crippen molar-refractivity contribution in [3.05, 3.63) is 64.9 Å². The van der Waals surface area contributed by atoms with Gasteiger partial charge >= 0.3 is 0 Å². The van der Waals surface area contributed by atoms with Crippen molar-refractivity contribution in [3.63, 3.8) is 0 Å². The SMILES string of the molecule is CCOc1ccc(CCc2cc(C)c3cc(C(C)N)oc3c2)cc1. The molecular weight excluding hydrogens is 298 g/mol. The smallest absolute Gasteiger partial charge is 0.134 e. The van der Waals surface area contributed by atoms with Gasteiger partial charge in [0.1, 0.15) is 17.1 Å². The third-order valence-corrected chi connectivity index (χ3v) is 4.31. The van der Waals surface area contributed by atoms with Gasteiger partial charge in [-0.1, -0.05) is 18.2 Å². The number of benzene rings is 2. The summed E-state index contributed by atoms with van der Waals surface area (Å²) in [6.07, 6.45) is 1.98. The zero-order valence-corrected chi connectivity index (χ0v) is 14.6. The summed E-state index contributed by atoms with van der Waals surface area (Å²) in [5, 5.41) is 1.16. The van der Waals surface area contributed by atoms with Gasteiger partial charge in [0.05, 0.1) is 12.6 Å². The first-order chi connectivity index (χ1) is 11.6. The predicted molar refractivity (Wildman–Crippen MR) is 98.6 cm³/mol. The standard InChI is InChI=1S/C21H25NO2/c1-4-23-18-9-7-16(8-10-18)5-6-17-11-14(2)19-13-20(15(3)22)24-21(19)12-17/h7-13,15H,4-6,22H2,1-3H3. The van der Waals surface area contributed by atoms with Crippen LogP contribution in [0.25, 0.3) is 11.0 Å². The van der Waals surface area contributed by atoms with Crippen LogP contribution in [0.1, 0.15) is 42.3 Å². The van der Waals surface area contributed by atoms with Gasteiger partial charge in [0.15, 0.2) is 0 Å². The highest BCUT2D eigenvalue weighted by molar-refractivity contribution is 5.82. The van der Waals surface area contributed by atoms with E-state index < -0.39 is 0 Å². The summed E-state index contributed by atoms with van der Waals surface area (Å²) in [5.41, 5.74) is 10.7. The minimum absolute atomic E-state index is 0.0795. The van der Waals surface area contributed by atoms with E-state index in [9.17, 15) is 0 Å². The molecule has 0 aliphatic heterocycles. The van der Waals surface area contributed by atoms with E-state index in [0.29, 0.717) is 6.61 Å². The fourth-order valence-electron chi connectivity index (χ4n) is 2.98. The van der Waals surface area contributed by atoms with Crippen molar-refractivity contribution in [1.29, 1.82) is 0 Å². The first kappa shape index (κ1) is 16.6. The molecule has 126 valence electrons. The second-order valence-corrected chi connectivity index (χ2v) is 6.34. The van der Waals surface area contributed by atoms with Gasteiger partial charge in [-0.25, -0.2) is 0 Å². The molecule has 0 saturated carbocycles. The van der Waals surface area contributed by atoms with Crippen LogP contribution < -0.4 is 10.5 Å². The fourth-order valence-corrected chi connectivity index (χ4v) is 2.98. The van der Waals surface area contributed by atoms with Crippen LogP contribution in [0.3, 0.4) is 0 Å². The number of furan rings is 1. The molecular formula is C21H25NO2. The van der Waals surface area contributed by atoms with E-state index in [0.717, 1.165) is 35.3 Å². The summed E-state index contributed by atoms with van der Waals surface area (Å²) in [7, 11) is 0. The Morgan fingerprint density at radius 1 is 1.04 bits per heavy atom. The van der Waals surface area contributed by atoms with Gasteiger partial charge in [0.2, 0.25) is 0 Å². The van der Waals surface area contributed by atoms with Crippen LogP contribution >= 0.6 is 0 Å². The highest BCUT2D eigenvalue weighted by atomic mass is 16.5. The molecule has 1 heterocycles. The summed E-state index contributed by atoms with van der Waals surface area (Å²) in [4.78, 5) is 0. The monoisotopic (exact) mass is 323 g/mol. The van der Waals surface area contributed by atoms with Crippen molar-refractivity contribution in [2.75, 3.05) is 6.61 Å². The fraction of sp³-hybridized carbons (Fsp3) is 0.333. The molecule has 1 aromatic heterocycles. The minimum Gasteiger partial charge on any atom is -0.494 e. The molecule has 2 N–H and O–H groups in total. The normalized spacial score (nSPS) is 12.5. The number of rotatable bonds is 6. The van der Waals surface area contributed by atoms with Crippen LogP contribution in [0, 0.1) is 6.92 Å². The minimum atomic E-state index is -0.0795. The van der Waals surface area contributed by atoms with Gasteiger partial charge in [0, 0.05) is 5.39 Å². The van der Waals surface area contributed by atoms with Gasteiger partial charge in [-0.3, -0.25) is 0 Å². The second-order valence-electron chi connectivity index (χ2n) is 6.34. The molecule has 3 nitrogen and oxygen atoms in total. The van der Waals surface area contributed by atoms with Crippen molar-refractivity contribution in [2.45, 2.75) is 39.7 Å². The van der Waals surface area contributed by atoms with E-state index >= 15 is 0 Å². The third kappa shape index (κ3) is 3.62. The Labute approximate surface area is 143 Å². The Kier molecular flexibility index (Phi) is 4.91. The Morgan fingerprint density at radius 3 is 2.42 bits per heavy atom. The largest absolute Gasteiger partial charge is 0.494 e. The lowest BCUT2D eigenvalue weighted by molar-refractivity contribution is 0.340. The van der Waals surface area contributed by atoms with Crippen molar-refractivity contribution in [3.8, 4) is 5.75 Å². The number of hydrogen-bond acceptors (Lipinski definition) is 3. The van der Waals surface area contributed by atoms with Gasteiger partial charge in [-0.15, -0.1) is 0 Å². The molecule has 1 unspecified atom stereocenters. The van der Waals surface area contributed by atoms with Crippen LogP contribution in [0.15, 0.2) is 46.9 Å². The summed E-state index contributed by atoms with van der Waals surface area (Å²) in [5.74, 6) is 1.77. The number of fused-ring (bicyclic) bond motifs is 1. The third-order valence-electron chi connectivity index (χ3n) is 4.31. The lowest BCUT2D eigenvalue weighted by Gasteiger charge is -2.06. The van der Waals surface area contributed by atoms with Crippen molar-refractivity contribution >= 4 is 11.0 Å². The zero-order chi connectivity index (χ0) is 17.1. The average molecular weight is 323 g/mol. The molecule has 3 rings (SSSR count). The van der Waals surface area contributed by atoms with E-state index in [1.165, 1.54) is 16.7 Å². The maximum absolute atomic E-state index is 5.93. The molecule has 0 amide bonds. The van der Waals surface area contributed by atoms with Gasteiger partial charge < -0.3 is 14.9 Å². The van der Waals surface area contributed by atoms with Crippen molar-refractivity contribution in [2.24, 2.45) is 5.73 Å². The molecule has 24 heavy (non-hydrogen) atoms. The Morgan fingerprint density at radius 2 is 1.75 bits per heavy atom. The molecule has 2 aromatic carbocycles. The highest BCUT2D eigenvalue weighted by Crippen LogP contribution is 2.27. The van der Waals surface area contributed by atoms with Crippen LogP contribution in [-0.4, -0.2) is 6.61 Å². The molecule has 3 aromatic rings. The number of nitrogens with two attached hydrogens (primary N) is 1. The summed E-state index contributed by atoms with van der Waals surface area (Å²) < 4.78 is 11.4. The maximum atomic E-state index is 5.93. The summed E-state index contributed by atoms with van der Waals surface area (Å²) in [6.45, 7) is 6.77. The molecule has 0 aliphatic rings. The summed E-state index contributed by atoms with van der Waals surface area (Å²) >= 11 is 0. The zero-order valence-electron chi connectivity index (χ0n) is 14.6. The Bertz CT molecular complexity index is 816. The number of aryl methyl sites for hydroxylation is 3. The maximum Gasteiger partial charge on any atom is 0.134 e. The van der Waals surface area contributed by atoms with E-state index in [4.69, 9.17) is 14.9 Å². The van der Waals surface area contributed by atoms with Crippen LogP contribution in [0.5, 0.6) is 5.75 Å². The van der Waals surface area contributed by atoms with Crippen molar-refractivity contribution in [1.82, 2.24) is 0 Å². The predicted octanol–water partition coefficient (Wildman–Crippen LogP) is 4.94. The molecule has 0 bridgehead atoms. The van der Waals surface area contributed by atoms with Crippen molar-refractivity contribution < 1.29 is 9.15 Å². The van der Waals surface area contributed by atoms with E-state index in [2.05, 4.69) is 37.3 Å². The lowest BCUT2D eigenvalue weighted by Crippen LogP contribution is -2.02. The first-order valence-electron chi connectivity index (χ1n) is 8.57. The number of ether oxygens (including phenoxy) is 1. The molecule has 0 spiro atoms. The van der Waals surface area contributed by atoms with E-state index in [1.54, 1.807) is 0 Å². The molecule has 3 heteroatoms. The van der Waals surface area contributed by atoms with Gasteiger partial charge in [-0.2, -0.15) is 0 Å². The topological polar surface area (TPSA) is 48.4 Å². The molecule has 0 aliphatic carbocycles. The molecule has 0 fully saturated rings. The second kappa shape index (κ2) is 7.10. The van der Waals surface area contributed by atoms with Gasteiger partial charge in [0.25, 0.3) is 0 Å². The van der Waals surface area contributed by atoms with E-state index in [-0.39, 0.29) is 6.04 Å². The van der Waals surface area contributed by atoms with E-state index in [1.807, 2.05) is 26.0 Å². The Hall–Kier alpha value is -2.26. The molecule has 1 atom stereocenters. The molecule has 0 radical (unpaired) electrons. The quantitative estimate of drug-likeness (QED) is 0.698. The highest BCUT2D eigenvalue weighted by Gasteiger charge is 2.10. The van der Waals surface area contributed by atoms with Crippen LogP contribution in [0.4, 0.5) is 0 Å². The average Bonchev–Trinajstić information content (AvgIpc) is 3.00. The molecule has 0 saturated heterocycles.